The van der Waals surface area contributed by atoms with E-state index in [2.05, 4.69) is 39.5 Å². The van der Waals surface area contributed by atoms with Gasteiger partial charge < -0.3 is 0 Å². The molecule has 0 aliphatic heterocycles. The van der Waals surface area contributed by atoms with Crippen LogP contribution in [0.15, 0.2) is 0 Å². The molecule has 0 saturated carbocycles. The summed E-state index contributed by atoms with van der Waals surface area (Å²) in [6, 6.07) is 0. The first kappa shape index (κ1) is 17.8. The molecule has 104 valence electrons. The van der Waals surface area contributed by atoms with E-state index in [0.29, 0.717) is 0 Å². The maximum absolute atomic E-state index is 2.79. The number of unbranched alkanes of at least 4 members (excludes halogenated alkanes) is 1. The Bertz CT molecular complexity index is 142. The van der Waals surface area contributed by atoms with Crippen molar-refractivity contribution in [3.63, 3.8) is 0 Å². The smallest absolute Gasteiger partial charge is 0.0187 e. The van der Waals surface area contributed by atoms with Crippen molar-refractivity contribution in [3.05, 3.63) is 0 Å². The molecule has 0 amide bonds. The zero-order valence-corrected chi connectivity index (χ0v) is 14.5. The van der Waals surface area contributed by atoms with Crippen molar-refractivity contribution < 1.29 is 0 Å². The van der Waals surface area contributed by atoms with Crippen LogP contribution < -0.4 is 0 Å². The third-order valence-corrected chi connectivity index (χ3v) is 8.59. The van der Waals surface area contributed by atoms with Crippen LogP contribution in [0.3, 0.4) is 0 Å². The van der Waals surface area contributed by atoms with Crippen molar-refractivity contribution >= 4 is 15.8 Å². The summed E-state index contributed by atoms with van der Waals surface area (Å²) in [6.07, 6.45) is 11.2. The van der Waals surface area contributed by atoms with Crippen molar-refractivity contribution in [2.75, 3.05) is 43.8 Å². The van der Waals surface area contributed by atoms with E-state index in [9.17, 15) is 0 Å². The molecule has 0 aliphatic rings. The molecule has 0 radical (unpaired) electrons. The summed E-state index contributed by atoms with van der Waals surface area (Å²) in [7, 11) is 0.567. The van der Waals surface area contributed by atoms with Crippen LogP contribution >= 0.6 is 15.8 Å². The van der Waals surface area contributed by atoms with Crippen LogP contribution in [-0.2, 0) is 0 Å². The molecule has 0 aromatic heterocycles. The highest BCUT2D eigenvalue weighted by molar-refractivity contribution is 7.58. The van der Waals surface area contributed by atoms with Crippen molar-refractivity contribution in [1.82, 2.24) is 4.90 Å². The Kier molecular flexibility index (Phi) is 12.5. The van der Waals surface area contributed by atoms with Gasteiger partial charge in [-0.1, -0.05) is 56.9 Å². The minimum absolute atomic E-state index is 0.284. The van der Waals surface area contributed by atoms with Gasteiger partial charge in [-0.25, -0.2) is 0 Å². The van der Waals surface area contributed by atoms with Crippen molar-refractivity contribution in [3.8, 4) is 0 Å². The summed E-state index contributed by atoms with van der Waals surface area (Å²) < 4.78 is 0. The maximum Gasteiger partial charge on any atom is 0.0187 e. The van der Waals surface area contributed by atoms with Crippen LogP contribution in [0.25, 0.3) is 0 Å². The van der Waals surface area contributed by atoms with Gasteiger partial charge in [-0.15, -0.1) is 0 Å². The Labute approximate surface area is 112 Å². The third-order valence-electron chi connectivity index (χ3n) is 3.42. The van der Waals surface area contributed by atoms with Gasteiger partial charge in [-0.05, 0) is 37.6 Å². The predicted octanol–water partition coefficient (Wildman–Crippen LogP) is 5.05. The van der Waals surface area contributed by atoms with Gasteiger partial charge in [-0.2, -0.15) is 0 Å². The monoisotopic (exact) mass is 277 g/mol. The van der Waals surface area contributed by atoms with Gasteiger partial charge in [0.25, 0.3) is 0 Å². The SMILES string of the molecule is CCCCN(CP(CC)CC)CP(CC)CC. The van der Waals surface area contributed by atoms with E-state index < -0.39 is 0 Å². The molecular weight excluding hydrogens is 244 g/mol. The topological polar surface area (TPSA) is 3.24 Å². The lowest BCUT2D eigenvalue weighted by molar-refractivity contribution is 0.362. The quantitative estimate of drug-likeness (QED) is 0.478. The Morgan fingerprint density at radius 2 is 1.12 bits per heavy atom. The third kappa shape index (κ3) is 8.52. The first-order chi connectivity index (χ1) is 8.21. The van der Waals surface area contributed by atoms with Gasteiger partial charge in [0, 0.05) is 12.6 Å². The van der Waals surface area contributed by atoms with Gasteiger partial charge in [0.1, 0.15) is 0 Å². The Morgan fingerprint density at radius 1 is 0.706 bits per heavy atom. The molecule has 1 nitrogen and oxygen atoms in total. The van der Waals surface area contributed by atoms with E-state index in [1.54, 1.807) is 0 Å². The van der Waals surface area contributed by atoms with Crippen molar-refractivity contribution in [1.29, 1.82) is 0 Å². The normalized spacial score (nSPS) is 12.0. The molecule has 0 saturated heterocycles. The van der Waals surface area contributed by atoms with Gasteiger partial charge in [0.2, 0.25) is 0 Å². The molecule has 0 bridgehead atoms. The molecule has 0 spiro atoms. The molecule has 0 aromatic carbocycles. The molecule has 0 N–H and O–H groups in total. The molecule has 0 aromatic rings. The number of hydrogen-bond donors (Lipinski definition) is 0. The highest BCUT2D eigenvalue weighted by Gasteiger charge is 2.13. The molecule has 0 aliphatic carbocycles. The van der Waals surface area contributed by atoms with E-state index in [4.69, 9.17) is 0 Å². The van der Waals surface area contributed by atoms with Gasteiger partial charge in [0.05, 0.1) is 0 Å². The van der Waals surface area contributed by atoms with Crippen LogP contribution in [0.5, 0.6) is 0 Å². The Hall–Kier alpha value is 0.820. The van der Waals surface area contributed by atoms with Gasteiger partial charge >= 0.3 is 0 Å². The Morgan fingerprint density at radius 3 is 1.41 bits per heavy atom. The number of hydrogen-bond acceptors (Lipinski definition) is 1. The zero-order chi connectivity index (χ0) is 13.1. The van der Waals surface area contributed by atoms with E-state index in [0.717, 1.165) is 0 Å². The molecule has 3 heteroatoms. The summed E-state index contributed by atoms with van der Waals surface area (Å²) >= 11 is 0. The van der Waals surface area contributed by atoms with Crippen LogP contribution in [-0.4, -0.2) is 48.7 Å². The van der Waals surface area contributed by atoms with Crippen LogP contribution in [0.2, 0.25) is 0 Å². The number of nitrogens with zero attached hydrogens (tertiary/aromatic N) is 1. The average Bonchev–Trinajstić information content (AvgIpc) is 2.38. The maximum atomic E-state index is 2.79. The summed E-state index contributed by atoms with van der Waals surface area (Å²) in [4.78, 5) is 2.79. The second-order valence-corrected chi connectivity index (χ2v) is 10.4. The lowest BCUT2D eigenvalue weighted by atomic mass is 10.3. The standard InChI is InChI=1S/C14H33NP2/c1-6-11-12-15(13-16(7-2)8-3)14-17(9-4)10-5/h6-14H2,1-5H3. The fourth-order valence-corrected chi connectivity index (χ4v) is 5.45. The first-order valence-corrected chi connectivity index (χ1v) is 11.2. The molecule has 17 heavy (non-hydrogen) atoms. The van der Waals surface area contributed by atoms with E-state index >= 15 is 0 Å². The molecule has 0 unspecified atom stereocenters. The fourth-order valence-electron chi connectivity index (χ4n) is 1.98. The Balaban J connectivity index is 4.19. The van der Waals surface area contributed by atoms with E-state index in [1.165, 1.54) is 56.6 Å². The largest absolute Gasteiger partial charge is 0.295 e. The minimum Gasteiger partial charge on any atom is -0.295 e. The van der Waals surface area contributed by atoms with Gasteiger partial charge in [0.15, 0.2) is 0 Å². The minimum atomic E-state index is 0.284. The van der Waals surface area contributed by atoms with Crippen LogP contribution in [0.1, 0.15) is 47.5 Å². The molecular formula is C14H33NP2. The predicted molar refractivity (Wildman–Crippen MR) is 87.4 cm³/mol. The van der Waals surface area contributed by atoms with Gasteiger partial charge in [-0.3, -0.25) is 4.90 Å². The van der Waals surface area contributed by atoms with E-state index in [1.807, 2.05) is 0 Å². The lowest BCUT2D eigenvalue weighted by Crippen LogP contribution is -2.27. The lowest BCUT2D eigenvalue weighted by Gasteiger charge is -2.30. The summed E-state index contributed by atoms with van der Waals surface area (Å²) in [5.74, 6) is 0. The van der Waals surface area contributed by atoms with E-state index in [-0.39, 0.29) is 15.8 Å². The zero-order valence-electron chi connectivity index (χ0n) is 12.7. The highest BCUT2D eigenvalue weighted by atomic mass is 31.1. The van der Waals surface area contributed by atoms with Crippen molar-refractivity contribution in [2.45, 2.75) is 47.5 Å². The van der Waals surface area contributed by atoms with Crippen LogP contribution in [0.4, 0.5) is 0 Å². The fraction of sp³-hybridized carbons (Fsp3) is 1.00. The summed E-state index contributed by atoms with van der Waals surface area (Å²) in [5, 5.41) is 0. The van der Waals surface area contributed by atoms with Crippen molar-refractivity contribution in [2.24, 2.45) is 0 Å². The highest BCUT2D eigenvalue weighted by Crippen LogP contribution is 2.40. The molecule has 0 atom stereocenters. The molecule has 0 rings (SSSR count). The van der Waals surface area contributed by atoms with Crippen LogP contribution in [0, 0.1) is 0 Å². The second-order valence-electron chi connectivity index (χ2n) is 4.64. The summed E-state index contributed by atoms with van der Waals surface area (Å²) in [6.45, 7) is 13.1. The molecule has 0 heterocycles. The number of rotatable bonds is 11. The second kappa shape index (κ2) is 11.9. The molecule has 0 fully saturated rings. The summed E-state index contributed by atoms with van der Waals surface area (Å²) in [5.41, 5.74) is 0. The first-order valence-electron chi connectivity index (χ1n) is 7.38. The average molecular weight is 277 g/mol.